The highest BCUT2D eigenvalue weighted by atomic mass is 127. The quantitative estimate of drug-likeness (QED) is 0.855. The van der Waals surface area contributed by atoms with Crippen LogP contribution in [0.25, 0.3) is 0 Å². The maximum Gasteiger partial charge on any atom is 0.264 e. The van der Waals surface area contributed by atoms with Crippen molar-refractivity contribution in [2.45, 2.75) is 20.3 Å². The molecule has 4 heteroatoms. The first-order valence-corrected chi connectivity index (χ1v) is 6.44. The van der Waals surface area contributed by atoms with E-state index in [1.165, 1.54) is 11.1 Å². The first kappa shape index (κ1) is 12.3. The van der Waals surface area contributed by atoms with Crippen LogP contribution >= 0.6 is 22.6 Å². The molecule has 1 N–H and O–H groups in total. The SMILES string of the molecule is Cc1ccc(Cc2ncc(I)c(=O)[nH]2)cc1C. The van der Waals surface area contributed by atoms with Crippen molar-refractivity contribution in [3.63, 3.8) is 0 Å². The topological polar surface area (TPSA) is 45.8 Å². The van der Waals surface area contributed by atoms with E-state index in [2.05, 4.69) is 42.0 Å². The van der Waals surface area contributed by atoms with Crippen LogP contribution in [-0.2, 0) is 6.42 Å². The first-order chi connectivity index (χ1) is 8.06. The van der Waals surface area contributed by atoms with Gasteiger partial charge in [-0.15, -0.1) is 0 Å². The van der Waals surface area contributed by atoms with Gasteiger partial charge in [-0.2, -0.15) is 0 Å². The second kappa shape index (κ2) is 5.00. The van der Waals surface area contributed by atoms with Gasteiger partial charge in [-0.1, -0.05) is 18.2 Å². The van der Waals surface area contributed by atoms with E-state index < -0.39 is 0 Å². The van der Waals surface area contributed by atoms with E-state index in [-0.39, 0.29) is 5.56 Å². The number of aromatic amines is 1. The number of aryl methyl sites for hydroxylation is 2. The van der Waals surface area contributed by atoms with E-state index in [1.54, 1.807) is 6.20 Å². The zero-order chi connectivity index (χ0) is 12.4. The van der Waals surface area contributed by atoms with Gasteiger partial charge < -0.3 is 4.98 Å². The molecule has 0 radical (unpaired) electrons. The molecule has 0 aliphatic heterocycles. The summed E-state index contributed by atoms with van der Waals surface area (Å²) in [4.78, 5) is 18.5. The smallest absolute Gasteiger partial charge is 0.264 e. The van der Waals surface area contributed by atoms with Gasteiger partial charge in [0, 0.05) is 12.6 Å². The molecule has 1 aromatic heterocycles. The van der Waals surface area contributed by atoms with Crippen molar-refractivity contribution < 1.29 is 0 Å². The summed E-state index contributed by atoms with van der Waals surface area (Å²) in [6, 6.07) is 6.29. The largest absolute Gasteiger partial charge is 0.309 e. The van der Waals surface area contributed by atoms with Gasteiger partial charge in [-0.3, -0.25) is 4.79 Å². The van der Waals surface area contributed by atoms with E-state index in [9.17, 15) is 4.79 Å². The Morgan fingerprint density at radius 1 is 1.29 bits per heavy atom. The van der Waals surface area contributed by atoms with Crippen molar-refractivity contribution in [2.24, 2.45) is 0 Å². The Bertz CT molecular complexity index is 605. The Hall–Kier alpha value is -1.17. The minimum Gasteiger partial charge on any atom is -0.309 e. The molecule has 1 heterocycles. The molecular formula is C13H13IN2O. The number of H-pyrrole nitrogens is 1. The highest BCUT2D eigenvalue weighted by Crippen LogP contribution is 2.12. The summed E-state index contributed by atoms with van der Waals surface area (Å²) in [6.07, 6.45) is 2.27. The van der Waals surface area contributed by atoms with Crippen molar-refractivity contribution in [1.29, 1.82) is 0 Å². The summed E-state index contributed by atoms with van der Waals surface area (Å²) in [7, 11) is 0. The zero-order valence-electron chi connectivity index (χ0n) is 9.75. The summed E-state index contributed by atoms with van der Waals surface area (Å²) in [5.74, 6) is 0.707. The molecule has 2 aromatic rings. The number of nitrogens with zero attached hydrogens (tertiary/aromatic N) is 1. The van der Waals surface area contributed by atoms with Crippen LogP contribution in [-0.4, -0.2) is 9.97 Å². The van der Waals surface area contributed by atoms with E-state index >= 15 is 0 Å². The van der Waals surface area contributed by atoms with Gasteiger partial charge in [0.15, 0.2) is 0 Å². The fraction of sp³-hybridized carbons (Fsp3) is 0.231. The molecule has 0 aliphatic rings. The van der Waals surface area contributed by atoms with Gasteiger partial charge in [0.25, 0.3) is 5.56 Å². The van der Waals surface area contributed by atoms with Crippen LogP contribution in [0.3, 0.4) is 0 Å². The molecule has 88 valence electrons. The van der Waals surface area contributed by atoms with E-state index in [0.29, 0.717) is 15.8 Å². The van der Waals surface area contributed by atoms with Crippen molar-refractivity contribution >= 4 is 22.6 Å². The van der Waals surface area contributed by atoms with Crippen molar-refractivity contribution in [2.75, 3.05) is 0 Å². The predicted molar refractivity (Wildman–Crippen MR) is 76.3 cm³/mol. The molecule has 0 atom stereocenters. The molecule has 0 saturated heterocycles. The lowest BCUT2D eigenvalue weighted by molar-refractivity contribution is 0.935. The molecule has 0 spiro atoms. The third-order valence-corrected chi connectivity index (χ3v) is 3.52. The lowest BCUT2D eigenvalue weighted by Gasteiger charge is -2.05. The van der Waals surface area contributed by atoms with Crippen LogP contribution in [0.1, 0.15) is 22.5 Å². The van der Waals surface area contributed by atoms with Crippen molar-refractivity contribution in [3.05, 3.63) is 60.8 Å². The molecule has 0 bridgehead atoms. The van der Waals surface area contributed by atoms with E-state index in [0.717, 1.165) is 5.56 Å². The summed E-state index contributed by atoms with van der Waals surface area (Å²) < 4.78 is 0.617. The van der Waals surface area contributed by atoms with Crippen molar-refractivity contribution in [1.82, 2.24) is 9.97 Å². The number of rotatable bonds is 2. The van der Waals surface area contributed by atoms with E-state index in [1.807, 2.05) is 22.6 Å². The average Bonchev–Trinajstić information content (AvgIpc) is 2.29. The first-order valence-electron chi connectivity index (χ1n) is 5.36. The van der Waals surface area contributed by atoms with Crippen LogP contribution in [0.15, 0.2) is 29.2 Å². The minimum absolute atomic E-state index is 0.0700. The monoisotopic (exact) mass is 340 g/mol. The Labute approximate surface area is 113 Å². The molecular weight excluding hydrogens is 327 g/mol. The van der Waals surface area contributed by atoms with Crippen LogP contribution < -0.4 is 5.56 Å². The fourth-order valence-electron chi connectivity index (χ4n) is 1.61. The Balaban J connectivity index is 2.28. The molecule has 3 nitrogen and oxygen atoms in total. The van der Waals surface area contributed by atoms with Crippen LogP contribution in [0.4, 0.5) is 0 Å². The Kier molecular flexibility index (Phi) is 3.61. The van der Waals surface area contributed by atoms with E-state index in [4.69, 9.17) is 0 Å². The average molecular weight is 340 g/mol. The lowest BCUT2D eigenvalue weighted by atomic mass is 10.0. The molecule has 1 aromatic carbocycles. The second-order valence-corrected chi connectivity index (χ2v) is 5.26. The molecule has 0 fully saturated rings. The van der Waals surface area contributed by atoms with Crippen LogP contribution in [0.2, 0.25) is 0 Å². The predicted octanol–water partition coefficient (Wildman–Crippen LogP) is 2.58. The number of benzene rings is 1. The third-order valence-electron chi connectivity index (χ3n) is 2.75. The molecule has 2 rings (SSSR count). The lowest BCUT2D eigenvalue weighted by Crippen LogP contribution is -2.13. The highest BCUT2D eigenvalue weighted by Gasteiger charge is 2.02. The Morgan fingerprint density at radius 2 is 2.06 bits per heavy atom. The number of hydrogen-bond acceptors (Lipinski definition) is 2. The maximum absolute atomic E-state index is 11.4. The van der Waals surface area contributed by atoms with Crippen molar-refractivity contribution in [3.8, 4) is 0 Å². The number of nitrogens with one attached hydrogen (secondary N) is 1. The van der Waals surface area contributed by atoms with Gasteiger partial charge in [-0.05, 0) is 53.1 Å². The highest BCUT2D eigenvalue weighted by molar-refractivity contribution is 14.1. The van der Waals surface area contributed by atoms with Gasteiger partial charge in [0.2, 0.25) is 0 Å². The normalized spacial score (nSPS) is 10.5. The molecule has 17 heavy (non-hydrogen) atoms. The minimum atomic E-state index is -0.0700. The fourth-order valence-corrected chi connectivity index (χ4v) is 1.89. The standard InChI is InChI=1S/C13H13IN2O/c1-8-3-4-10(5-9(8)2)6-12-15-7-11(14)13(17)16-12/h3-5,7H,6H2,1-2H3,(H,15,16,17). The zero-order valence-corrected chi connectivity index (χ0v) is 11.9. The number of hydrogen-bond donors (Lipinski definition) is 1. The van der Waals surface area contributed by atoms with Gasteiger partial charge in [0.1, 0.15) is 5.82 Å². The maximum atomic E-state index is 11.4. The molecule has 0 saturated carbocycles. The molecule has 0 aliphatic carbocycles. The van der Waals surface area contributed by atoms with Gasteiger partial charge >= 0.3 is 0 Å². The molecule has 0 amide bonds. The summed E-state index contributed by atoms with van der Waals surface area (Å²) in [6.45, 7) is 4.17. The second-order valence-electron chi connectivity index (χ2n) is 4.10. The summed E-state index contributed by atoms with van der Waals surface area (Å²) in [5, 5.41) is 0. The number of aromatic nitrogens is 2. The summed E-state index contributed by atoms with van der Waals surface area (Å²) >= 11 is 1.98. The number of halogens is 1. The summed E-state index contributed by atoms with van der Waals surface area (Å²) in [5.41, 5.74) is 3.63. The molecule has 0 unspecified atom stereocenters. The Morgan fingerprint density at radius 3 is 2.71 bits per heavy atom. The van der Waals surface area contributed by atoms with Gasteiger partial charge in [-0.25, -0.2) is 4.98 Å². The van der Waals surface area contributed by atoms with Gasteiger partial charge in [0.05, 0.1) is 3.57 Å². The third kappa shape index (κ3) is 2.94. The van der Waals surface area contributed by atoms with Crippen LogP contribution in [0, 0.1) is 17.4 Å². The van der Waals surface area contributed by atoms with Crippen LogP contribution in [0.5, 0.6) is 0 Å².